The largest absolute Gasteiger partial charge is 0.378 e. The lowest BCUT2D eigenvalue weighted by Gasteiger charge is -2.34. The highest BCUT2D eigenvalue weighted by Crippen LogP contribution is 2.34. The number of ether oxygens (including phenoxy) is 1. The molecule has 0 spiro atoms. The number of carbonyl (C=O) groups is 1. The van der Waals surface area contributed by atoms with Crippen LogP contribution >= 0.6 is 11.3 Å². The molecule has 5 heterocycles. The molecule has 0 atom stereocenters. The van der Waals surface area contributed by atoms with Crippen LogP contribution in [0.1, 0.15) is 18.4 Å². The molecule has 4 aromatic rings. The van der Waals surface area contributed by atoms with E-state index in [4.69, 9.17) is 19.7 Å². The van der Waals surface area contributed by atoms with Gasteiger partial charge in [-0.2, -0.15) is 5.10 Å². The number of aromatic nitrogens is 5. The van der Waals surface area contributed by atoms with Gasteiger partial charge in [-0.05, 0) is 6.07 Å². The summed E-state index contributed by atoms with van der Waals surface area (Å²) in [6.45, 7) is 8.90. The van der Waals surface area contributed by atoms with E-state index in [0.29, 0.717) is 25.5 Å². The third kappa shape index (κ3) is 4.35. The number of piperazine rings is 1. The van der Waals surface area contributed by atoms with Gasteiger partial charge in [0.2, 0.25) is 5.91 Å². The van der Waals surface area contributed by atoms with Gasteiger partial charge in [-0.1, -0.05) is 19.1 Å². The van der Waals surface area contributed by atoms with Crippen LogP contribution in [0.25, 0.3) is 32.6 Å². The SMILES string of the molecule is CCC(=O)N1CCN(Cc2nc3nc(-c4cccc5[nH]ncc45)nc(N4CCOCC4)c3s2)CC1. The van der Waals surface area contributed by atoms with E-state index in [-0.39, 0.29) is 5.91 Å². The lowest BCUT2D eigenvalue weighted by molar-refractivity contribution is -0.132. The second kappa shape index (κ2) is 9.48. The first kappa shape index (κ1) is 22.3. The van der Waals surface area contributed by atoms with E-state index >= 15 is 0 Å². The first-order valence-corrected chi connectivity index (χ1v) is 12.9. The Morgan fingerprint density at radius 2 is 1.91 bits per heavy atom. The number of benzene rings is 1. The van der Waals surface area contributed by atoms with Crippen LogP contribution in [0, 0.1) is 0 Å². The van der Waals surface area contributed by atoms with Crippen LogP contribution in [-0.4, -0.2) is 93.3 Å². The van der Waals surface area contributed by atoms with Crippen LogP contribution in [0.5, 0.6) is 0 Å². The maximum absolute atomic E-state index is 12.0. The molecular formula is C24H28N8O2S. The van der Waals surface area contributed by atoms with E-state index in [2.05, 4.69) is 20.0 Å². The fourth-order valence-corrected chi connectivity index (χ4v) is 5.83. The topological polar surface area (TPSA) is 103 Å². The monoisotopic (exact) mass is 492 g/mol. The number of fused-ring (bicyclic) bond motifs is 2. The minimum atomic E-state index is 0.232. The third-order valence-corrected chi connectivity index (χ3v) is 7.73. The molecule has 2 aliphatic rings. The molecule has 1 aromatic carbocycles. The predicted octanol–water partition coefficient (Wildman–Crippen LogP) is 2.52. The summed E-state index contributed by atoms with van der Waals surface area (Å²) in [5.41, 5.74) is 2.63. The van der Waals surface area contributed by atoms with E-state index in [1.807, 2.05) is 36.2 Å². The van der Waals surface area contributed by atoms with E-state index in [0.717, 1.165) is 83.5 Å². The number of nitrogens with zero attached hydrogens (tertiary/aromatic N) is 7. The van der Waals surface area contributed by atoms with Crippen molar-refractivity contribution in [2.75, 3.05) is 57.4 Å². The number of morpholine rings is 1. The van der Waals surface area contributed by atoms with Crippen LogP contribution in [0.3, 0.4) is 0 Å². The lowest BCUT2D eigenvalue weighted by atomic mass is 10.1. The summed E-state index contributed by atoms with van der Waals surface area (Å²) in [6.07, 6.45) is 2.39. The van der Waals surface area contributed by atoms with Gasteiger partial charge in [-0.25, -0.2) is 15.0 Å². The fourth-order valence-electron chi connectivity index (χ4n) is 4.76. The van der Waals surface area contributed by atoms with Gasteiger partial charge in [0.15, 0.2) is 17.3 Å². The Morgan fingerprint density at radius 1 is 1.09 bits per heavy atom. The zero-order valence-corrected chi connectivity index (χ0v) is 20.6. The van der Waals surface area contributed by atoms with Gasteiger partial charge in [0.1, 0.15) is 9.71 Å². The van der Waals surface area contributed by atoms with Crippen molar-refractivity contribution in [1.29, 1.82) is 0 Å². The Morgan fingerprint density at radius 3 is 2.71 bits per heavy atom. The molecular weight excluding hydrogens is 464 g/mol. The van der Waals surface area contributed by atoms with Gasteiger partial charge in [0.05, 0.1) is 31.5 Å². The van der Waals surface area contributed by atoms with Crippen molar-refractivity contribution in [2.24, 2.45) is 0 Å². The smallest absolute Gasteiger partial charge is 0.222 e. The first-order chi connectivity index (χ1) is 17.2. The van der Waals surface area contributed by atoms with Crippen molar-refractivity contribution < 1.29 is 9.53 Å². The van der Waals surface area contributed by atoms with Gasteiger partial charge in [0.25, 0.3) is 0 Å². The summed E-state index contributed by atoms with van der Waals surface area (Å²) in [7, 11) is 0. The van der Waals surface area contributed by atoms with Gasteiger partial charge in [-0.3, -0.25) is 14.8 Å². The van der Waals surface area contributed by atoms with Crippen molar-refractivity contribution in [3.05, 3.63) is 29.4 Å². The Balaban J connectivity index is 1.34. The Hall–Kier alpha value is -3.15. The molecule has 182 valence electrons. The number of carbonyl (C=O) groups excluding carboxylic acids is 1. The molecule has 2 fully saturated rings. The number of aromatic amines is 1. The average molecular weight is 493 g/mol. The van der Waals surface area contributed by atoms with Crippen molar-refractivity contribution in [1.82, 2.24) is 34.9 Å². The van der Waals surface area contributed by atoms with Crippen LogP contribution < -0.4 is 4.90 Å². The number of H-pyrrole nitrogens is 1. The van der Waals surface area contributed by atoms with Crippen LogP contribution in [0.4, 0.5) is 5.82 Å². The summed E-state index contributed by atoms with van der Waals surface area (Å²) >= 11 is 1.67. The van der Waals surface area contributed by atoms with E-state index in [1.54, 1.807) is 11.3 Å². The molecule has 0 aliphatic carbocycles. The number of hydrogen-bond acceptors (Lipinski definition) is 9. The average Bonchev–Trinajstić information content (AvgIpc) is 3.55. The first-order valence-electron chi connectivity index (χ1n) is 12.1. The Labute approximate surface area is 206 Å². The fraction of sp³-hybridized carbons (Fsp3) is 0.458. The summed E-state index contributed by atoms with van der Waals surface area (Å²) in [4.78, 5) is 33.5. The zero-order valence-electron chi connectivity index (χ0n) is 19.7. The van der Waals surface area contributed by atoms with Gasteiger partial charge in [-0.15, -0.1) is 11.3 Å². The van der Waals surface area contributed by atoms with E-state index in [9.17, 15) is 4.79 Å². The number of amides is 1. The molecule has 2 aliphatic heterocycles. The highest BCUT2D eigenvalue weighted by atomic mass is 32.1. The number of thiazole rings is 1. The van der Waals surface area contributed by atoms with Crippen LogP contribution in [0.15, 0.2) is 24.4 Å². The number of nitrogens with one attached hydrogen (secondary N) is 1. The summed E-state index contributed by atoms with van der Waals surface area (Å²) in [5, 5.41) is 9.25. The van der Waals surface area contributed by atoms with Crippen molar-refractivity contribution in [3.8, 4) is 11.4 Å². The van der Waals surface area contributed by atoms with Crippen molar-refractivity contribution in [3.63, 3.8) is 0 Å². The predicted molar refractivity (Wildman–Crippen MR) is 135 cm³/mol. The van der Waals surface area contributed by atoms with Gasteiger partial charge in [0, 0.05) is 56.6 Å². The molecule has 1 N–H and O–H groups in total. The van der Waals surface area contributed by atoms with E-state index < -0.39 is 0 Å². The maximum Gasteiger partial charge on any atom is 0.222 e. The minimum Gasteiger partial charge on any atom is -0.378 e. The quantitative estimate of drug-likeness (QED) is 0.453. The summed E-state index contributed by atoms with van der Waals surface area (Å²) < 4.78 is 6.61. The Bertz CT molecular complexity index is 1350. The minimum absolute atomic E-state index is 0.232. The molecule has 1 amide bonds. The maximum atomic E-state index is 12.0. The number of rotatable bonds is 5. The highest BCUT2D eigenvalue weighted by Gasteiger charge is 2.24. The molecule has 6 rings (SSSR count). The second-order valence-electron chi connectivity index (χ2n) is 8.88. The highest BCUT2D eigenvalue weighted by molar-refractivity contribution is 7.19. The van der Waals surface area contributed by atoms with Gasteiger partial charge >= 0.3 is 0 Å². The van der Waals surface area contributed by atoms with Crippen molar-refractivity contribution >= 4 is 44.3 Å². The van der Waals surface area contributed by atoms with Crippen LogP contribution in [-0.2, 0) is 16.1 Å². The molecule has 3 aromatic heterocycles. The molecule has 0 radical (unpaired) electrons. The van der Waals surface area contributed by atoms with Gasteiger partial charge < -0.3 is 14.5 Å². The number of hydrogen-bond donors (Lipinski definition) is 1. The molecule has 11 heteroatoms. The van der Waals surface area contributed by atoms with Crippen LogP contribution in [0.2, 0.25) is 0 Å². The summed E-state index contributed by atoms with van der Waals surface area (Å²) in [5.74, 6) is 1.82. The molecule has 0 unspecified atom stereocenters. The van der Waals surface area contributed by atoms with Crippen molar-refractivity contribution in [2.45, 2.75) is 19.9 Å². The molecule has 10 nitrogen and oxygen atoms in total. The second-order valence-corrected chi connectivity index (χ2v) is 9.96. The van der Waals surface area contributed by atoms with E-state index in [1.165, 1.54) is 0 Å². The lowest BCUT2D eigenvalue weighted by Crippen LogP contribution is -2.48. The molecule has 35 heavy (non-hydrogen) atoms. The molecule has 0 bridgehead atoms. The normalized spacial score (nSPS) is 17.5. The zero-order chi connectivity index (χ0) is 23.8. The molecule has 2 saturated heterocycles. The standard InChI is InChI=1S/C24H28N8O2S/c1-2-20(33)31-8-6-30(7-9-31)15-19-26-23-21(35-19)24(32-10-12-34-13-11-32)28-22(27-23)16-4-3-5-18-17(16)14-25-29-18/h3-5,14H,2,6-13,15H2,1H3,(H,25,29). The third-order valence-electron chi connectivity index (χ3n) is 6.70. The Kier molecular flexibility index (Phi) is 6.05. The summed E-state index contributed by atoms with van der Waals surface area (Å²) in [6, 6.07) is 6.03. The molecule has 0 saturated carbocycles. The number of anilines is 1.